The van der Waals surface area contributed by atoms with Crippen molar-refractivity contribution in [2.75, 3.05) is 33.4 Å². The lowest BCUT2D eigenvalue weighted by Gasteiger charge is -2.35. The van der Waals surface area contributed by atoms with Gasteiger partial charge in [-0.25, -0.2) is 0 Å². The summed E-state index contributed by atoms with van der Waals surface area (Å²) in [6.45, 7) is 6.08. The third-order valence-corrected chi connectivity index (χ3v) is 4.96. The van der Waals surface area contributed by atoms with Crippen LogP contribution in [0.2, 0.25) is 0 Å². The molecule has 0 aromatic heterocycles. The standard InChI is InChI=1S/C17H33NO2/c1-3-4-14-7-8-17(19)16(11-14)12-18(2)9-10-20-13-15-5-6-15/h14-17,19H,3-13H2,1-2H3. The van der Waals surface area contributed by atoms with E-state index in [-0.39, 0.29) is 6.10 Å². The van der Waals surface area contributed by atoms with Gasteiger partial charge in [-0.1, -0.05) is 19.8 Å². The molecule has 3 heteroatoms. The molecule has 2 fully saturated rings. The Bertz CT molecular complexity index is 268. The number of rotatable bonds is 9. The lowest BCUT2D eigenvalue weighted by Crippen LogP contribution is -2.38. The average Bonchev–Trinajstić information content (AvgIpc) is 3.23. The minimum Gasteiger partial charge on any atom is -0.393 e. The van der Waals surface area contributed by atoms with Gasteiger partial charge in [-0.3, -0.25) is 0 Å². The van der Waals surface area contributed by atoms with E-state index in [1.165, 1.54) is 38.5 Å². The van der Waals surface area contributed by atoms with Crippen molar-refractivity contribution in [3.63, 3.8) is 0 Å². The first-order valence-electron chi connectivity index (χ1n) is 8.63. The maximum absolute atomic E-state index is 10.2. The number of aliphatic hydroxyl groups excluding tert-OH is 1. The van der Waals surface area contributed by atoms with Crippen molar-refractivity contribution in [1.82, 2.24) is 4.90 Å². The molecule has 0 heterocycles. The molecule has 0 spiro atoms. The first-order chi connectivity index (χ1) is 9.69. The molecule has 3 nitrogen and oxygen atoms in total. The van der Waals surface area contributed by atoms with Gasteiger partial charge >= 0.3 is 0 Å². The van der Waals surface area contributed by atoms with E-state index in [1.807, 2.05) is 0 Å². The van der Waals surface area contributed by atoms with Crippen molar-refractivity contribution in [3.8, 4) is 0 Å². The summed E-state index contributed by atoms with van der Waals surface area (Å²) in [7, 11) is 2.16. The number of hydrogen-bond acceptors (Lipinski definition) is 3. The largest absolute Gasteiger partial charge is 0.393 e. The van der Waals surface area contributed by atoms with Crippen LogP contribution in [-0.2, 0) is 4.74 Å². The van der Waals surface area contributed by atoms with Gasteiger partial charge in [0.2, 0.25) is 0 Å². The SMILES string of the molecule is CCCC1CCC(O)C(CN(C)CCOCC2CC2)C1. The predicted octanol–water partition coefficient (Wildman–Crippen LogP) is 2.92. The van der Waals surface area contributed by atoms with Crippen LogP contribution in [0.1, 0.15) is 51.9 Å². The van der Waals surface area contributed by atoms with E-state index in [4.69, 9.17) is 4.74 Å². The average molecular weight is 283 g/mol. The fourth-order valence-electron chi connectivity index (χ4n) is 3.46. The summed E-state index contributed by atoms with van der Waals surface area (Å²) in [5.74, 6) is 2.16. The molecule has 2 aliphatic carbocycles. The molecule has 0 aliphatic heterocycles. The normalized spacial score (nSPS) is 30.9. The van der Waals surface area contributed by atoms with Crippen LogP contribution < -0.4 is 0 Å². The van der Waals surface area contributed by atoms with E-state index in [9.17, 15) is 5.11 Å². The van der Waals surface area contributed by atoms with Gasteiger partial charge in [-0.2, -0.15) is 0 Å². The number of aliphatic hydroxyl groups is 1. The molecule has 2 aliphatic rings. The Morgan fingerprint density at radius 1 is 1.15 bits per heavy atom. The summed E-state index contributed by atoms with van der Waals surface area (Å²) >= 11 is 0. The lowest BCUT2D eigenvalue weighted by atomic mass is 9.77. The van der Waals surface area contributed by atoms with Crippen molar-refractivity contribution in [1.29, 1.82) is 0 Å². The predicted molar refractivity (Wildman–Crippen MR) is 82.8 cm³/mol. The molecule has 1 N–H and O–H groups in total. The Morgan fingerprint density at radius 2 is 1.90 bits per heavy atom. The van der Waals surface area contributed by atoms with Crippen LogP contribution in [0.15, 0.2) is 0 Å². The van der Waals surface area contributed by atoms with Crippen molar-refractivity contribution in [2.45, 2.75) is 58.0 Å². The quantitative estimate of drug-likeness (QED) is 0.660. The topological polar surface area (TPSA) is 32.7 Å². The first kappa shape index (κ1) is 16.3. The van der Waals surface area contributed by atoms with Crippen molar-refractivity contribution < 1.29 is 9.84 Å². The Balaban J connectivity index is 1.61. The fraction of sp³-hybridized carbons (Fsp3) is 1.00. The van der Waals surface area contributed by atoms with Gasteiger partial charge in [0.25, 0.3) is 0 Å². The molecule has 0 aromatic rings. The molecule has 0 aromatic carbocycles. The highest BCUT2D eigenvalue weighted by Crippen LogP contribution is 2.32. The summed E-state index contributed by atoms with van der Waals surface area (Å²) in [5.41, 5.74) is 0. The Hall–Kier alpha value is -0.120. The van der Waals surface area contributed by atoms with Crippen molar-refractivity contribution >= 4 is 0 Å². The van der Waals surface area contributed by atoms with Gasteiger partial charge in [0.1, 0.15) is 0 Å². The van der Waals surface area contributed by atoms with E-state index in [0.717, 1.165) is 44.6 Å². The molecular weight excluding hydrogens is 250 g/mol. The Morgan fingerprint density at radius 3 is 2.60 bits per heavy atom. The second kappa shape index (κ2) is 8.35. The second-order valence-electron chi connectivity index (χ2n) is 7.08. The Kier molecular flexibility index (Phi) is 6.79. The van der Waals surface area contributed by atoms with E-state index < -0.39 is 0 Å². The highest BCUT2D eigenvalue weighted by atomic mass is 16.5. The molecule has 0 radical (unpaired) electrons. The summed E-state index contributed by atoms with van der Waals surface area (Å²) in [4.78, 5) is 2.34. The summed E-state index contributed by atoms with van der Waals surface area (Å²) in [5, 5.41) is 10.2. The maximum atomic E-state index is 10.2. The van der Waals surface area contributed by atoms with Gasteiger partial charge < -0.3 is 14.7 Å². The Labute approximate surface area is 124 Å². The van der Waals surface area contributed by atoms with E-state index in [0.29, 0.717) is 5.92 Å². The van der Waals surface area contributed by atoms with Crippen LogP contribution in [0, 0.1) is 17.8 Å². The third-order valence-electron chi connectivity index (χ3n) is 4.96. The third kappa shape index (κ3) is 5.71. The summed E-state index contributed by atoms with van der Waals surface area (Å²) in [6, 6.07) is 0. The van der Waals surface area contributed by atoms with E-state index >= 15 is 0 Å². The highest BCUT2D eigenvalue weighted by Gasteiger charge is 2.29. The molecule has 118 valence electrons. The molecule has 0 bridgehead atoms. The van der Waals surface area contributed by atoms with Crippen LogP contribution in [0.5, 0.6) is 0 Å². The molecule has 0 amide bonds. The molecule has 3 atom stereocenters. The smallest absolute Gasteiger partial charge is 0.0593 e. The van der Waals surface area contributed by atoms with Gasteiger partial charge in [-0.05, 0) is 56.9 Å². The molecule has 2 saturated carbocycles. The molecular formula is C17H33NO2. The number of nitrogens with zero attached hydrogens (tertiary/aromatic N) is 1. The number of likely N-dealkylation sites (N-methyl/N-ethyl adjacent to an activating group) is 1. The van der Waals surface area contributed by atoms with Gasteiger partial charge in [-0.15, -0.1) is 0 Å². The molecule has 0 saturated heterocycles. The van der Waals surface area contributed by atoms with Crippen LogP contribution >= 0.6 is 0 Å². The fourth-order valence-corrected chi connectivity index (χ4v) is 3.46. The monoisotopic (exact) mass is 283 g/mol. The van der Waals surface area contributed by atoms with Gasteiger partial charge in [0, 0.05) is 19.7 Å². The van der Waals surface area contributed by atoms with Gasteiger partial charge in [0.05, 0.1) is 12.7 Å². The molecule has 3 unspecified atom stereocenters. The maximum Gasteiger partial charge on any atom is 0.0593 e. The highest BCUT2D eigenvalue weighted by molar-refractivity contribution is 4.81. The minimum atomic E-state index is -0.0852. The van der Waals surface area contributed by atoms with Crippen molar-refractivity contribution in [3.05, 3.63) is 0 Å². The van der Waals surface area contributed by atoms with Crippen LogP contribution in [0.4, 0.5) is 0 Å². The van der Waals surface area contributed by atoms with Crippen LogP contribution in [0.25, 0.3) is 0 Å². The van der Waals surface area contributed by atoms with Crippen LogP contribution in [-0.4, -0.2) is 49.5 Å². The van der Waals surface area contributed by atoms with E-state index in [2.05, 4.69) is 18.9 Å². The summed E-state index contributed by atoms with van der Waals surface area (Å²) < 4.78 is 5.70. The van der Waals surface area contributed by atoms with Gasteiger partial charge in [0.15, 0.2) is 0 Å². The number of ether oxygens (including phenoxy) is 1. The number of hydrogen-bond donors (Lipinski definition) is 1. The van der Waals surface area contributed by atoms with Crippen LogP contribution in [0.3, 0.4) is 0 Å². The zero-order valence-corrected chi connectivity index (χ0v) is 13.4. The second-order valence-corrected chi connectivity index (χ2v) is 7.08. The summed E-state index contributed by atoms with van der Waals surface area (Å²) in [6.07, 6.45) is 8.68. The van der Waals surface area contributed by atoms with E-state index in [1.54, 1.807) is 0 Å². The lowest BCUT2D eigenvalue weighted by molar-refractivity contribution is 0.0235. The molecule has 20 heavy (non-hydrogen) atoms. The zero-order valence-electron chi connectivity index (χ0n) is 13.4. The molecule has 2 rings (SSSR count). The minimum absolute atomic E-state index is 0.0852. The van der Waals surface area contributed by atoms with Crippen molar-refractivity contribution in [2.24, 2.45) is 17.8 Å². The zero-order chi connectivity index (χ0) is 14.4. The first-order valence-corrected chi connectivity index (χ1v) is 8.63.